The fourth-order valence-electron chi connectivity index (χ4n) is 2.56. The van der Waals surface area contributed by atoms with Gasteiger partial charge in [-0.15, -0.1) is 0 Å². The Bertz CT molecular complexity index is 599. The lowest BCUT2D eigenvalue weighted by Crippen LogP contribution is -2.04. The highest BCUT2D eigenvalue weighted by atomic mass is 16.5. The van der Waals surface area contributed by atoms with Crippen molar-refractivity contribution in [2.75, 3.05) is 7.05 Å². The fraction of sp³-hybridized carbons (Fsp3) is 0.444. The average molecular weight is 287 g/mol. The van der Waals surface area contributed by atoms with Crippen molar-refractivity contribution in [2.45, 2.75) is 46.8 Å². The van der Waals surface area contributed by atoms with Crippen LogP contribution in [0.15, 0.2) is 28.7 Å². The Morgan fingerprint density at radius 2 is 1.95 bits per heavy atom. The lowest BCUT2D eigenvalue weighted by Gasteiger charge is -2.11. The first kappa shape index (κ1) is 15.6. The summed E-state index contributed by atoms with van der Waals surface area (Å²) in [5.74, 6) is 3.25. The van der Waals surface area contributed by atoms with Crippen molar-refractivity contribution in [3.05, 3.63) is 52.5 Å². The Morgan fingerprint density at radius 3 is 2.57 bits per heavy atom. The van der Waals surface area contributed by atoms with E-state index in [0.717, 1.165) is 23.8 Å². The van der Waals surface area contributed by atoms with E-state index in [2.05, 4.69) is 44.3 Å². The molecule has 0 amide bonds. The molecule has 0 atom stereocenters. The van der Waals surface area contributed by atoms with Gasteiger partial charge in [-0.3, -0.25) is 0 Å². The van der Waals surface area contributed by atoms with Gasteiger partial charge >= 0.3 is 0 Å². The number of benzene rings is 1. The van der Waals surface area contributed by atoms with Gasteiger partial charge in [0.25, 0.3) is 0 Å². The van der Waals surface area contributed by atoms with Crippen LogP contribution in [0, 0.1) is 13.8 Å². The van der Waals surface area contributed by atoms with E-state index in [4.69, 9.17) is 9.15 Å². The standard InChI is InChI=1S/C18H25NO2/c1-12(2)18-7-6-16(8-13(18)3)20-11-17-9-15(10-19-5)14(4)21-17/h6-9,12,19H,10-11H2,1-5H3. The van der Waals surface area contributed by atoms with Crippen molar-refractivity contribution in [3.63, 3.8) is 0 Å². The van der Waals surface area contributed by atoms with E-state index >= 15 is 0 Å². The van der Waals surface area contributed by atoms with Gasteiger partial charge < -0.3 is 14.5 Å². The molecule has 1 N–H and O–H groups in total. The van der Waals surface area contributed by atoms with Gasteiger partial charge in [-0.25, -0.2) is 0 Å². The molecular formula is C18H25NO2. The number of furan rings is 1. The molecule has 0 saturated carbocycles. The van der Waals surface area contributed by atoms with E-state index in [-0.39, 0.29) is 0 Å². The molecule has 0 aliphatic rings. The largest absolute Gasteiger partial charge is 0.486 e. The van der Waals surface area contributed by atoms with Crippen LogP contribution in [-0.4, -0.2) is 7.05 Å². The molecule has 0 aliphatic heterocycles. The van der Waals surface area contributed by atoms with Crippen LogP contribution >= 0.6 is 0 Å². The van der Waals surface area contributed by atoms with Gasteiger partial charge in [-0.05, 0) is 56.1 Å². The Morgan fingerprint density at radius 1 is 1.19 bits per heavy atom. The second-order valence-electron chi connectivity index (χ2n) is 5.79. The number of rotatable bonds is 6. The van der Waals surface area contributed by atoms with Crippen LogP contribution in [0.1, 0.15) is 48.0 Å². The van der Waals surface area contributed by atoms with Gasteiger partial charge in [0.1, 0.15) is 23.9 Å². The summed E-state index contributed by atoms with van der Waals surface area (Å²) in [6.45, 7) is 9.81. The Hall–Kier alpha value is -1.74. The second-order valence-corrected chi connectivity index (χ2v) is 5.79. The third-order valence-electron chi connectivity index (χ3n) is 3.68. The van der Waals surface area contributed by atoms with Gasteiger partial charge in [0.2, 0.25) is 0 Å². The van der Waals surface area contributed by atoms with Gasteiger partial charge in [0, 0.05) is 12.1 Å². The van der Waals surface area contributed by atoms with E-state index in [1.807, 2.05) is 20.0 Å². The summed E-state index contributed by atoms with van der Waals surface area (Å²) in [6, 6.07) is 8.34. The maximum absolute atomic E-state index is 5.84. The van der Waals surface area contributed by atoms with Crippen molar-refractivity contribution >= 4 is 0 Å². The molecule has 0 radical (unpaired) electrons. The first-order valence-corrected chi connectivity index (χ1v) is 7.47. The van der Waals surface area contributed by atoms with E-state index in [9.17, 15) is 0 Å². The maximum Gasteiger partial charge on any atom is 0.146 e. The number of nitrogens with one attached hydrogen (secondary N) is 1. The van der Waals surface area contributed by atoms with Crippen molar-refractivity contribution < 1.29 is 9.15 Å². The molecule has 0 fully saturated rings. The Labute approximate surface area is 127 Å². The predicted octanol–water partition coefficient (Wildman–Crippen LogP) is 4.32. The molecule has 0 unspecified atom stereocenters. The van der Waals surface area contributed by atoms with Gasteiger partial charge in [0.15, 0.2) is 0 Å². The molecule has 2 rings (SSSR count). The molecule has 114 valence electrons. The first-order valence-electron chi connectivity index (χ1n) is 7.47. The topological polar surface area (TPSA) is 34.4 Å². The monoisotopic (exact) mass is 287 g/mol. The van der Waals surface area contributed by atoms with Crippen LogP contribution in [0.5, 0.6) is 5.75 Å². The zero-order valence-electron chi connectivity index (χ0n) is 13.6. The van der Waals surface area contributed by atoms with Gasteiger partial charge in [0.05, 0.1) is 0 Å². The van der Waals surface area contributed by atoms with Crippen LogP contribution in [-0.2, 0) is 13.2 Å². The molecule has 0 bridgehead atoms. The zero-order chi connectivity index (χ0) is 15.4. The summed E-state index contributed by atoms with van der Waals surface area (Å²) in [6.07, 6.45) is 0. The molecular weight excluding hydrogens is 262 g/mol. The molecule has 1 heterocycles. The Balaban J connectivity index is 2.03. The van der Waals surface area contributed by atoms with Crippen molar-refractivity contribution in [1.29, 1.82) is 0 Å². The van der Waals surface area contributed by atoms with Crippen molar-refractivity contribution in [1.82, 2.24) is 5.32 Å². The maximum atomic E-state index is 5.84. The minimum Gasteiger partial charge on any atom is -0.486 e. The lowest BCUT2D eigenvalue weighted by molar-refractivity contribution is 0.267. The van der Waals surface area contributed by atoms with Crippen LogP contribution in [0.25, 0.3) is 0 Å². The van der Waals surface area contributed by atoms with Crippen molar-refractivity contribution in [2.24, 2.45) is 0 Å². The number of hydrogen-bond acceptors (Lipinski definition) is 3. The highest BCUT2D eigenvalue weighted by molar-refractivity contribution is 5.36. The van der Waals surface area contributed by atoms with Crippen LogP contribution in [0.3, 0.4) is 0 Å². The molecule has 2 aromatic rings. The van der Waals surface area contributed by atoms with Crippen LogP contribution in [0.2, 0.25) is 0 Å². The smallest absolute Gasteiger partial charge is 0.146 e. The third-order valence-corrected chi connectivity index (χ3v) is 3.68. The Kier molecular flexibility index (Phi) is 5.07. The summed E-state index contributed by atoms with van der Waals surface area (Å²) in [7, 11) is 1.93. The molecule has 1 aromatic heterocycles. The SMILES string of the molecule is CNCc1cc(COc2ccc(C(C)C)c(C)c2)oc1C. The number of hydrogen-bond donors (Lipinski definition) is 1. The summed E-state index contributed by atoms with van der Waals surface area (Å²) in [4.78, 5) is 0. The molecule has 0 aliphatic carbocycles. The van der Waals surface area contributed by atoms with Crippen molar-refractivity contribution in [3.8, 4) is 5.75 Å². The summed E-state index contributed by atoms with van der Waals surface area (Å²) < 4.78 is 11.6. The minimum atomic E-state index is 0.463. The number of ether oxygens (including phenoxy) is 1. The molecule has 1 aromatic carbocycles. The van der Waals surface area contributed by atoms with Crippen LogP contribution in [0.4, 0.5) is 0 Å². The quantitative estimate of drug-likeness (QED) is 0.859. The van der Waals surface area contributed by atoms with E-state index in [1.165, 1.54) is 16.7 Å². The summed E-state index contributed by atoms with van der Waals surface area (Å²) >= 11 is 0. The van der Waals surface area contributed by atoms with E-state index in [1.54, 1.807) is 0 Å². The third kappa shape index (κ3) is 3.88. The van der Waals surface area contributed by atoms with E-state index in [0.29, 0.717) is 12.5 Å². The molecule has 0 saturated heterocycles. The van der Waals surface area contributed by atoms with E-state index < -0.39 is 0 Å². The number of aryl methyl sites for hydroxylation is 2. The lowest BCUT2D eigenvalue weighted by atomic mass is 9.98. The highest BCUT2D eigenvalue weighted by Crippen LogP contribution is 2.24. The highest BCUT2D eigenvalue weighted by Gasteiger charge is 2.08. The van der Waals surface area contributed by atoms with Gasteiger partial charge in [-0.1, -0.05) is 19.9 Å². The zero-order valence-corrected chi connectivity index (χ0v) is 13.6. The average Bonchev–Trinajstić information content (AvgIpc) is 2.77. The minimum absolute atomic E-state index is 0.463. The summed E-state index contributed by atoms with van der Waals surface area (Å²) in [5, 5.41) is 3.14. The molecule has 3 heteroatoms. The second kappa shape index (κ2) is 6.81. The molecule has 21 heavy (non-hydrogen) atoms. The first-order chi connectivity index (χ1) is 10.0. The van der Waals surface area contributed by atoms with Gasteiger partial charge in [-0.2, -0.15) is 0 Å². The molecule has 0 spiro atoms. The normalized spacial score (nSPS) is 11.1. The molecule has 3 nitrogen and oxygen atoms in total. The van der Waals surface area contributed by atoms with Crippen LogP contribution < -0.4 is 10.1 Å². The summed E-state index contributed by atoms with van der Waals surface area (Å²) in [5.41, 5.74) is 3.82. The fourth-order valence-corrected chi connectivity index (χ4v) is 2.56. The predicted molar refractivity (Wildman–Crippen MR) is 85.8 cm³/mol.